The van der Waals surface area contributed by atoms with E-state index in [4.69, 9.17) is 6.42 Å². The Bertz CT molecular complexity index is 3130. The highest BCUT2D eigenvalue weighted by molar-refractivity contribution is 6.20. The first-order valence-electron chi connectivity index (χ1n) is 23.5. The molecule has 8 aromatic rings. The van der Waals surface area contributed by atoms with E-state index < -0.39 is 0 Å². The first-order valence-corrected chi connectivity index (χ1v) is 23.5. The van der Waals surface area contributed by atoms with Crippen molar-refractivity contribution in [1.29, 1.82) is 0 Å². The van der Waals surface area contributed by atoms with E-state index in [1.54, 1.807) is 0 Å². The molecule has 1 aromatic heterocycles. The van der Waals surface area contributed by atoms with Crippen LogP contribution in [0.15, 0.2) is 205 Å². The van der Waals surface area contributed by atoms with Crippen LogP contribution in [0.25, 0.3) is 44.2 Å². The molecule has 0 fully saturated rings. The molecule has 2 nitrogen and oxygen atoms in total. The van der Waals surface area contributed by atoms with Gasteiger partial charge in [-0.1, -0.05) is 192 Å². The van der Waals surface area contributed by atoms with E-state index in [2.05, 4.69) is 225 Å². The average molecular weight is 845 g/mol. The van der Waals surface area contributed by atoms with Gasteiger partial charge in [-0.25, -0.2) is 0 Å². The lowest BCUT2D eigenvalue weighted by Gasteiger charge is -2.36. The van der Waals surface area contributed by atoms with Crippen LogP contribution in [0.4, 0.5) is 11.4 Å². The van der Waals surface area contributed by atoms with Gasteiger partial charge in [0.2, 0.25) is 0 Å². The molecule has 0 spiro atoms. The number of allylic oxidation sites excluding steroid dienone is 8. The van der Waals surface area contributed by atoms with Crippen molar-refractivity contribution in [2.24, 2.45) is 0 Å². The molecule has 0 aliphatic heterocycles. The zero-order chi connectivity index (χ0) is 45.5. The van der Waals surface area contributed by atoms with Crippen molar-refractivity contribution >= 4 is 38.8 Å². The maximum Gasteiger partial charge on any atom is 0.0670 e. The van der Waals surface area contributed by atoms with Crippen molar-refractivity contribution in [3.63, 3.8) is 0 Å². The monoisotopic (exact) mass is 844 g/mol. The molecule has 3 aliphatic carbocycles. The third-order valence-corrected chi connectivity index (χ3v) is 13.2. The lowest BCUT2D eigenvalue weighted by Crippen LogP contribution is -2.29. The summed E-state index contributed by atoms with van der Waals surface area (Å²) in [6.45, 7) is 14.9. The molecule has 2 heteroatoms. The number of nitrogens with one attached hydrogen (secondary N) is 1. The highest BCUT2D eigenvalue weighted by Crippen LogP contribution is 2.56. The van der Waals surface area contributed by atoms with Crippen molar-refractivity contribution in [3.8, 4) is 29.2 Å². The maximum absolute atomic E-state index is 5.51. The molecule has 3 aliphatic rings. The molecule has 65 heavy (non-hydrogen) atoms. The summed E-state index contributed by atoms with van der Waals surface area (Å²) in [6.07, 6.45) is 18.6. The fourth-order valence-corrected chi connectivity index (χ4v) is 10.6. The van der Waals surface area contributed by atoms with Gasteiger partial charge in [-0.3, -0.25) is 0 Å². The van der Waals surface area contributed by atoms with E-state index in [-0.39, 0.29) is 5.41 Å². The van der Waals surface area contributed by atoms with Crippen LogP contribution in [0.2, 0.25) is 0 Å². The number of benzene rings is 7. The second kappa shape index (κ2) is 19.6. The van der Waals surface area contributed by atoms with Crippen LogP contribution < -0.4 is 5.32 Å². The topological polar surface area (TPSA) is 17.0 Å². The first-order chi connectivity index (χ1) is 32.0. The van der Waals surface area contributed by atoms with Gasteiger partial charge in [0.1, 0.15) is 0 Å². The van der Waals surface area contributed by atoms with Gasteiger partial charge in [0.05, 0.1) is 22.1 Å². The molecule has 0 amide bonds. The second-order valence-corrected chi connectivity index (χ2v) is 16.3. The van der Waals surface area contributed by atoms with Crippen LogP contribution in [-0.4, -0.2) is 4.57 Å². The summed E-state index contributed by atoms with van der Waals surface area (Å²) >= 11 is 0. The summed E-state index contributed by atoms with van der Waals surface area (Å²) in [6, 6.07) is 58.7. The van der Waals surface area contributed by atoms with Crippen molar-refractivity contribution < 1.29 is 0 Å². The van der Waals surface area contributed by atoms with Gasteiger partial charge in [0.25, 0.3) is 0 Å². The molecule has 1 N–H and O–H groups in total. The zero-order valence-electron chi connectivity index (χ0n) is 39.0. The minimum absolute atomic E-state index is 0.247. The Morgan fingerprint density at radius 1 is 0.692 bits per heavy atom. The number of nitrogens with zero attached hydrogens (tertiary/aromatic N) is 1. The van der Waals surface area contributed by atoms with Crippen LogP contribution in [0.1, 0.15) is 93.7 Å². The molecule has 0 radical (unpaired) electrons. The normalized spacial score (nSPS) is 16.5. The van der Waals surface area contributed by atoms with Gasteiger partial charge in [-0.2, -0.15) is 0 Å². The van der Waals surface area contributed by atoms with Crippen molar-refractivity contribution in [2.75, 3.05) is 5.32 Å². The Morgan fingerprint density at radius 3 is 2.00 bits per heavy atom. The fourth-order valence-electron chi connectivity index (χ4n) is 10.6. The van der Waals surface area contributed by atoms with Gasteiger partial charge in [0, 0.05) is 28.1 Å². The highest BCUT2D eigenvalue weighted by Gasteiger charge is 2.46. The number of terminal acetylenes is 1. The molecule has 1 heterocycles. The number of fused-ring (bicyclic) bond motifs is 8. The molecular weight excluding hydrogens is 785 g/mol. The number of aromatic nitrogens is 1. The quantitative estimate of drug-likeness (QED) is 0.165. The summed E-state index contributed by atoms with van der Waals surface area (Å²) in [5.74, 6) is 2.97. The lowest BCUT2D eigenvalue weighted by atomic mass is 9.66. The van der Waals surface area contributed by atoms with E-state index >= 15 is 0 Å². The Morgan fingerprint density at radius 2 is 1.31 bits per heavy atom. The van der Waals surface area contributed by atoms with Crippen LogP contribution >= 0.6 is 0 Å². The van der Waals surface area contributed by atoms with Gasteiger partial charge in [0.15, 0.2) is 0 Å². The number of rotatable bonds is 6. The summed E-state index contributed by atoms with van der Waals surface area (Å²) < 4.78 is 2.47. The van der Waals surface area contributed by atoms with Gasteiger partial charge in [-0.05, 0) is 130 Å². The minimum atomic E-state index is -0.247. The third-order valence-electron chi connectivity index (χ3n) is 13.2. The number of hydrogen-bond donors (Lipinski definition) is 1. The number of para-hydroxylation sites is 3. The number of hydrogen-bond acceptors (Lipinski definition) is 1. The Balaban J connectivity index is 0.000000171. The van der Waals surface area contributed by atoms with E-state index in [0.717, 1.165) is 18.5 Å². The smallest absolute Gasteiger partial charge is 0.0670 e. The second-order valence-electron chi connectivity index (χ2n) is 16.3. The van der Waals surface area contributed by atoms with E-state index in [9.17, 15) is 0 Å². The maximum atomic E-state index is 5.51. The predicted octanol–water partition coefficient (Wildman–Crippen LogP) is 17.2. The first kappa shape index (κ1) is 44.3. The zero-order valence-corrected chi connectivity index (χ0v) is 39.0. The molecule has 322 valence electrons. The molecule has 0 saturated carbocycles. The largest absolute Gasteiger partial charge is 0.355 e. The van der Waals surface area contributed by atoms with Gasteiger partial charge >= 0.3 is 0 Å². The van der Waals surface area contributed by atoms with Crippen LogP contribution in [0, 0.1) is 19.3 Å². The summed E-state index contributed by atoms with van der Waals surface area (Å²) in [5, 5.41) is 6.41. The molecule has 0 saturated heterocycles. The van der Waals surface area contributed by atoms with Crippen molar-refractivity contribution in [2.45, 2.75) is 72.6 Å². The average Bonchev–Trinajstić information content (AvgIpc) is 3.97. The molecule has 11 rings (SSSR count). The Labute approximate surface area is 387 Å². The Hall–Kier alpha value is -7.34. The lowest BCUT2D eigenvalue weighted by molar-refractivity contribution is 0.728. The Kier molecular flexibility index (Phi) is 13.3. The minimum Gasteiger partial charge on any atom is -0.355 e. The standard InChI is InChI=1S/C33H26N2.C26H22.2C2H6/c1-21-25-17-9-10-18-26(25)29-22(2)32(34-23-13-5-3-6-14-23)31-27-19-11-12-20-28(27)35(33(31)30(21)29)24-15-7-4-8-16-24;1-3-4-17-23-20(2)26(21-13-7-5-8-14-21,22-15-9-6-10-16-22)25-19-12-11-18-24(23)25;2*1-2/h3-21,34H,1-2H3;1,4-5,7-9,11-19H,6,10H2,2H3;2*1-2H3/b;17-4-;;. The molecule has 2 atom stereocenters. The molecule has 0 bridgehead atoms. The third kappa shape index (κ3) is 7.56. The SMILES string of the molecule is C#C/C=C\C1=C(C)C(C2=CCCC=C2)(c2ccccc2)c2ccccc21.CC.CC.Cc1c2c(c3c(c1Nc1ccccc1)c1ccccc1n3-c1ccccc1)C(C)c1ccccc1-2. The van der Waals surface area contributed by atoms with E-state index in [1.165, 1.54) is 94.4 Å². The molecule has 2 unspecified atom stereocenters. The van der Waals surface area contributed by atoms with E-state index in [0.29, 0.717) is 5.92 Å². The van der Waals surface area contributed by atoms with Gasteiger partial charge < -0.3 is 9.88 Å². The van der Waals surface area contributed by atoms with Crippen LogP contribution in [-0.2, 0) is 5.41 Å². The van der Waals surface area contributed by atoms with Crippen LogP contribution in [0.5, 0.6) is 0 Å². The number of anilines is 2. The summed E-state index contributed by atoms with van der Waals surface area (Å²) in [7, 11) is 0. The highest BCUT2D eigenvalue weighted by atomic mass is 15.0. The van der Waals surface area contributed by atoms with Crippen molar-refractivity contribution in [1.82, 2.24) is 4.57 Å². The molecular formula is C63H60N2. The fraction of sp³-hybridized carbons (Fsp3) is 0.175. The summed E-state index contributed by atoms with van der Waals surface area (Å²) in [5.41, 5.74) is 20.5. The van der Waals surface area contributed by atoms with Crippen molar-refractivity contribution in [3.05, 3.63) is 239 Å². The predicted molar refractivity (Wildman–Crippen MR) is 282 cm³/mol. The molecule has 7 aromatic carbocycles. The van der Waals surface area contributed by atoms with E-state index in [1.807, 2.05) is 33.8 Å². The van der Waals surface area contributed by atoms with Gasteiger partial charge in [-0.15, -0.1) is 6.42 Å². The van der Waals surface area contributed by atoms with Crippen LogP contribution in [0.3, 0.4) is 0 Å². The summed E-state index contributed by atoms with van der Waals surface area (Å²) in [4.78, 5) is 0.